The maximum atomic E-state index is 12.5. The molecule has 1 aromatic heterocycles. The van der Waals surface area contributed by atoms with Crippen molar-refractivity contribution < 1.29 is 9.53 Å². The summed E-state index contributed by atoms with van der Waals surface area (Å²) in [5.41, 5.74) is 1.29. The van der Waals surface area contributed by atoms with E-state index in [2.05, 4.69) is 5.10 Å². The van der Waals surface area contributed by atoms with E-state index < -0.39 is 0 Å². The quantitative estimate of drug-likeness (QED) is 0.792. The summed E-state index contributed by atoms with van der Waals surface area (Å²) in [5, 5.41) is 4.80. The van der Waals surface area contributed by atoms with Gasteiger partial charge < -0.3 is 4.74 Å². The van der Waals surface area contributed by atoms with Crippen LogP contribution in [0.3, 0.4) is 0 Å². The Kier molecular flexibility index (Phi) is 4.45. The van der Waals surface area contributed by atoms with Crippen LogP contribution in [-0.4, -0.2) is 22.7 Å². The van der Waals surface area contributed by atoms with Crippen molar-refractivity contribution in [2.75, 3.05) is 7.11 Å². The van der Waals surface area contributed by atoms with Crippen molar-refractivity contribution in [2.45, 2.75) is 26.3 Å². The Balaban J connectivity index is 2.34. The highest BCUT2D eigenvalue weighted by Gasteiger charge is 2.21. The molecule has 1 heterocycles. The van der Waals surface area contributed by atoms with Gasteiger partial charge in [-0.1, -0.05) is 29.8 Å². The first kappa shape index (κ1) is 14.6. The van der Waals surface area contributed by atoms with E-state index >= 15 is 0 Å². The van der Waals surface area contributed by atoms with Crippen molar-refractivity contribution in [3.05, 3.63) is 46.7 Å². The number of Topliss-reactive ketones (excluding diaryl/α,β-unsaturated/α-hetero) is 1. The van der Waals surface area contributed by atoms with Gasteiger partial charge in [-0.2, -0.15) is 5.10 Å². The number of nitrogens with zero attached hydrogens (tertiary/aromatic N) is 2. The summed E-state index contributed by atoms with van der Waals surface area (Å²) in [6.45, 7) is 3.94. The van der Waals surface area contributed by atoms with Crippen LogP contribution >= 0.6 is 11.6 Å². The van der Waals surface area contributed by atoms with Crippen LogP contribution in [0.25, 0.3) is 0 Å². The molecule has 0 aliphatic carbocycles. The number of aromatic nitrogens is 2. The Labute approximate surface area is 123 Å². The van der Waals surface area contributed by atoms with Gasteiger partial charge in [0.1, 0.15) is 5.69 Å². The van der Waals surface area contributed by atoms with Crippen LogP contribution in [-0.2, 0) is 6.42 Å². The molecular formula is C15H17ClN2O2. The van der Waals surface area contributed by atoms with Crippen molar-refractivity contribution in [2.24, 2.45) is 0 Å². The van der Waals surface area contributed by atoms with Crippen LogP contribution in [0.4, 0.5) is 0 Å². The first-order valence-electron chi connectivity index (χ1n) is 6.42. The number of benzene rings is 1. The van der Waals surface area contributed by atoms with E-state index in [9.17, 15) is 4.79 Å². The van der Waals surface area contributed by atoms with Crippen LogP contribution in [0.15, 0.2) is 30.5 Å². The Hall–Kier alpha value is -1.81. The van der Waals surface area contributed by atoms with E-state index in [1.54, 1.807) is 16.9 Å². The average molecular weight is 293 g/mol. The molecule has 0 unspecified atom stereocenters. The normalized spacial score (nSPS) is 10.8. The smallest absolute Gasteiger partial charge is 0.189 e. The molecule has 1 aromatic carbocycles. The average Bonchev–Trinajstić information content (AvgIpc) is 2.85. The molecule has 0 atom stereocenters. The number of carbonyl (C=O) groups is 1. The Morgan fingerprint density at radius 1 is 1.40 bits per heavy atom. The summed E-state index contributed by atoms with van der Waals surface area (Å²) in [4.78, 5) is 12.5. The van der Waals surface area contributed by atoms with Gasteiger partial charge in [-0.3, -0.25) is 9.48 Å². The number of ether oxygens (including phenoxy) is 1. The molecule has 20 heavy (non-hydrogen) atoms. The molecule has 0 fully saturated rings. The minimum Gasteiger partial charge on any atom is -0.493 e. The maximum Gasteiger partial charge on any atom is 0.189 e. The van der Waals surface area contributed by atoms with Gasteiger partial charge >= 0.3 is 0 Å². The molecule has 0 amide bonds. The van der Waals surface area contributed by atoms with Gasteiger partial charge in [0, 0.05) is 17.5 Å². The lowest BCUT2D eigenvalue weighted by molar-refractivity contribution is 0.0977. The van der Waals surface area contributed by atoms with Crippen LogP contribution in [0, 0.1) is 0 Å². The standard InChI is InChI=1S/C15H17ClN2O2/c1-10(2)18-15(14(20-3)9-17-18)13(19)8-11-6-4-5-7-12(11)16/h4-7,9-10H,8H2,1-3H3. The molecule has 2 rings (SSSR count). The van der Waals surface area contributed by atoms with E-state index in [0.29, 0.717) is 16.5 Å². The molecule has 0 bridgehead atoms. The first-order valence-corrected chi connectivity index (χ1v) is 6.80. The second-order valence-electron chi connectivity index (χ2n) is 4.79. The number of hydrogen-bond donors (Lipinski definition) is 0. The van der Waals surface area contributed by atoms with E-state index in [1.807, 2.05) is 32.0 Å². The highest BCUT2D eigenvalue weighted by atomic mass is 35.5. The topological polar surface area (TPSA) is 44.1 Å². The zero-order chi connectivity index (χ0) is 14.7. The third kappa shape index (κ3) is 2.85. The lowest BCUT2D eigenvalue weighted by Gasteiger charge is -2.11. The molecule has 0 saturated carbocycles. The predicted molar refractivity (Wildman–Crippen MR) is 78.7 cm³/mol. The van der Waals surface area contributed by atoms with E-state index in [1.165, 1.54) is 7.11 Å². The molecule has 2 aromatic rings. The van der Waals surface area contributed by atoms with Crippen LogP contribution in [0.2, 0.25) is 5.02 Å². The van der Waals surface area contributed by atoms with Crippen molar-refractivity contribution in [3.63, 3.8) is 0 Å². The minimum atomic E-state index is -0.0545. The molecule has 0 aliphatic heterocycles. The Morgan fingerprint density at radius 3 is 2.70 bits per heavy atom. The highest BCUT2D eigenvalue weighted by molar-refractivity contribution is 6.31. The number of carbonyl (C=O) groups excluding carboxylic acids is 1. The third-order valence-corrected chi connectivity index (χ3v) is 3.41. The molecule has 0 radical (unpaired) electrons. The van der Waals surface area contributed by atoms with Crippen LogP contribution in [0.1, 0.15) is 35.9 Å². The first-order chi connectivity index (χ1) is 9.54. The zero-order valence-electron chi connectivity index (χ0n) is 11.8. The van der Waals surface area contributed by atoms with Crippen molar-refractivity contribution in [1.82, 2.24) is 9.78 Å². The zero-order valence-corrected chi connectivity index (χ0v) is 12.5. The summed E-state index contributed by atoms with van der Waals surface area (Å²) < 4.78 is 6.91. The second kappa shape index (κ2) is 6.09. The number of rotatable bonds is 5. The molecule has 0 N–H and O–H groups in total. The third-order valence-electron chi connectivity index (χ3n) is 3.04. The monoisotopic (exact) mass is 292 g/mol. The van der Waals surface area contributed by atoms with Crippen molar-refractivity contribution in [1.29, 1.82) is 0 Å². The molecule has 4 nitrogen and oxygen atoms in total. The van der Waals surface area contributed by atoms with Crippen LogP contribution < -0.4 is 4.74 Å². The van der Waals surface area contributed by atoms with Gasteiger partial charge in [0.15, 0.2) is 11.5 Å². The van der Waals surface area contributed by atoms with Gasteiger partial charge in [-0.25, -0.2) is 0 Å². The summed E-state index contributed by atoms with van der Waals surface area (Å²) in [6.07, 6.45) is 1.80. The lowest BCUT2D eigenvalue weighted by Crippen LogP contribution is -2.15. The van der Waals surface area contributed by atoms with Gasteiger partial charge in [0.2, 0.25) is 0 Å². The summed E-state index contributed by atoms with van der Waals surface area (Å²) >= 11 is 6.10. The molecule has 0 spiro atoms. The summed E-state index contributed by atoms with van der Waals surface area (Å²) in [7, 11) is 1.54. The fourth-order valence-electron chi connectivity index (χ4n) is 2.05. The van der Waals surface area contributed by atoms with Crippen LogP contribution in [0.5, 0.6) is 5.75 Å². The van der Waals surface area contributed by atoms with E-state index in [4.69, 9.17) is 16.3 Å². The van der Waals surface area contributed by atoms with Crippen molar-refractivity contribution >= 4 is 17.4 Å². The predicted octanol–water partition coefficient (Wildman–Crippen LogP) is 3.55. The summed E-state index contributed by atoms with van der Waals surface area (Å²) in [6, 6.07) is 7.43. The number of halogens is 1. The minimum absolute atomic E-state index is 0.0545. The highest BCUT2D eigenvalue weighted by Crippen LogP contribution is 2.24. The Bertz CT molecular complexity index is 620. The van der Waals surface area contributed by atoms with E-state index in [-0.39, 0.29) is 18.2 Å². The number of hydrogen-bond acceptors (Lipinski definition) is 3. The summed E-state index contributed by atoms with van der Waals surface area (Å²) in [5.74, 6) is 0.442. The Morgan fingerprint density at radius 2 is 2.10 bits per heavy atom. The van der Waals surface area contributed by atoms with Gasteiger partial charge in [-0.15, -0.1) is 0 Å². The molecule has 0 saturated heterocycles. The molecular weight excluding hydrogens is 276 g/mol. The van der Waals surface area contributed by atoms with Gasteiger partial charge in [-0.05, 0) is 25.5 Å². The number of methoxy groups -OCH3 is 1. The molecule has 5 heteroatoms. The van der Waals surface area contributed by atoms with Gasteiger partial charge in [0.05, 0.1) is 13.3 Å². The SMILES string of the molecule is COc1cnn(C(C)C)c1C(=O)Cc1ccccc1Cl. The van der Waals surface area contributed by atoms with E-state index in [0.717, 1.165) is 5.56 Å². The van der Waals surface area contributed by atoms with Crippen molar-refractivity contribution in [3.8, 4) is 5.75 Å². The lowest BCUT2D eigenvalue weighted by atomic mass is 10.1. The van der Waals surface area contributed by atoms with Gasteiger partial charge in [0.25, 0.3) is 0 Å². The fraction of sp³-hybridized carbons (Fsp3) is 0.333. The largest absolute Gasteiger partial charge is 0.493 e. The molecule has 106 valence electrons. The molecule has 0 aliphatic rings. The number of ketones is 1. The second-order valence-corrected chi connectivity index (χ2v) is 5.20. The fourth-order valence-corrected chi connectivity index (χ4v) is 2.25. The maximum absolute atomic E-state index is 12.5.